The molecule has 2 aromatic heterocycles. The first-order valence-electron chi connectivity index (χ1n) is 28.9. The van der Waals surface area contributed by atoms with E-state index in [0.29, 0.717) is 6.42 Å². The predicted molar refractivity (Wildman–Crippen MR) is 347 cm³/mol. The van der Waals surface area contributed by atoms with Crippen LogP contribution in [0.4, 0.5) is 5.69 Å². The number of rotatable bonds is 2. The highest BCUT2D eigenvalue weighted by Crippen LogP contribution is 2.28. The summed E-state index contributed by atoms with van der Waals surface area (Å²) in [5.41, 5.74) is 23.9. The number of carbonyl (C=O) groups is 1. The van der Waals surface area contributed by atoms with Gasteiger partial charge < -0.3 is 19.8 Å². The molecule has 4 aromatic carbocycles. The van der Waals surface area contributed by atoms with Gasteiger partial charge in [-0.2, -0.15) is 0 Å². The van der Waals surface area contributed by atoms with Crippen LogP contribution in [0.3, 0.4) is 0 Å². The molecule has 0 unspecified atom stereocenters. The summed E-state index contributed by atoms with van der Waals surface area (Å²) in [6, 6.07) is 40.8. The second kappa shape index (κ2) is 38.4. The van der Waals surface area contributed by atoms with Gasteiger partial charge in [-0.15, -0.1) is 0 Å². The Labute approximate surface area is 484 Å². The smallest absolute Gasteiger partial charge is 0.181 e. The normalized spacial score (nSPS) is 14.0. The highest BCUT2D eigenvalue weighted by atomic mass is 16.1. The summed E-state index contributed by atoms with van der Waals surface area (Å²) in [4.78, 5) is 36.2. The van der Waals surface area contributed by atoms with Crippen LogP contribution in [0.25, 0.3) is 0 Å². The fraction of sp³-hybridized carbons (Fsp3) is 0.384. The quantitative estimate of drug-likeness (QED) is 0.169. The van der Waals surface area contributed by atoms with Crippen molar-refractivity contribution >= 4 is 11.5 Å². The molecule has 3 aliphatic carbocycles. The molecular weight excluding hydrogens is 981 g/mol. The monoisotopic (exact) mass is 1080 g/mol. The molecule has 0 saturated carbocycles. The van der Waals surface area contributed by atoms with Gasteiger partial charge >= 0.3 is 0 Å². The van der Waals surface area contributed by atoms with Crippen LogP contribution in [0, 0.1) is 0 Å². The van der Waals surface area contributed by atoms with Crippen LogP contribution in [0.2, 0.25) is 0 Å². The molecule has 0 bridgehead atoms. The molecular formula is C73H100N4O3. The largest absolute Gasteiger partial charge is 0.377 e. The number of pyridine rings is 2. The Morgan fingerprint density at radius 2 is 0.738 bits per heavy atom. The number of aromatic amines is 1. The number of aromatic nitrogens is 2. The minimum atomic E-state index is 0. The average molecular weight is 1080 g/mol. The van der Waals surface area contributed by atoms with Crippen molar-refractivity contribution in [2.45, 2.75) is 175 Å². The number of aryl methyl sites for hydroxylation is 1. The van der Waals surface area contributed by atoms with Gasteiger partial charge in [0.05, 0.1) is 0 Å². The number of H-pyrrole nitrogens is 1. The van der Waals surface area contributed by atoms with Crippen LogP contribution < -0.4 is 16.2 Å². The summed E-state index contributed by atoms with van der Waals surface area (Å²) in [6.45, 7) is 33.2. The van der Waals surface area contributed by atoms with E-state index >= 15 is 0 Å². The molecule has 430 valence electrons. The van der Waals surface area contributed by atoms with Crippen LogP contribution in [0.1, 0.15) is 163 Å². The average Bonchev–Trinajstić information content (AvgIpc) is 3.48. The van der Waals surface area contributed by atoms with Crippen molar-refractivity contribution in [1.29, 1.82) is 0 Å². The van der Waals surface area contributed by atoms with Gasteiger partial charge in [0, 0.05) is 92.7 Å². The Hall–Kier alpha value is -7.25. The zero-order chi connectivity index (χ0) is 58.1. The van der Waals surface area contributed by atoms with Crippen LogP contribution in [-0.4, -0.2) is 33.3 Å². The van der Waals surface area contributed by atoms with Crippen molar-refractivity contribution in [2.75, 3.05) is 18.4 Å². The fourth-order valence-corrected chi connectivity index (χ4v) is 8.74. The Kier molecular flexibility index (Phi) is 33.0. The second-order valence-corrected chi connectivity index (χ2v) is 21.1. The molecule has 6 aromatic rings. The van der Waals surface area contributed by atoms with E-state index in [1.54, 1.807) is 76.4 Å². The number of nitrogens with one attached hydrogen (secondary N) is 2. The van der Waals surface area contributed by atoms with E-state index in [1.165, 1.54) is 80.9 Å². The highest BCUT2D eigenvalue weighted by Gasteiger charge is 2.14. The van der Waals surface area contributed by atoms with Crippen molar-refractivity contribution in [3.63, 3.8) is 0 Å². The molecule has 2 aliphatic heterocycles. The van der Waals surface area contributed by atoms with Gasteiger partial charge in [0.1, 0.15) is 0 Å². The maximum absolute atomic E-state index is 10.6. The molecule has 0 radical (unpaired) electrons. The van der Waals surface area contributed by atoms with Crippen LogP contribution in [0.15, 0.2) is 213 Å². The summed E-state index contributed by atoms with van der Waals surface area (Å²) in [5, 5.41) is 3.39. The molecule has 7 heteroatoms. The number of ketones is 1. The Balaban J connectivity index is 0.000000315. The van der Waals surface area contributed by atoms with E-state index in [4.69, 9.17) is 0 Å². The first-order valence-corrected chi connectivity index (χ1v) is 28.9. The topological polar surface area (TPSA) is 87.2 Å². The lowest BCUT2D eigenvalue weighted by Gasteiger charge is -2.20. The lowest BCUT2D eigenvalue weighted by molar-refractivity contribution is -0.115. The first kappa shape index (κ1) is 68.9. The number of fused-ring (bicyclic) bond motifs is 4. The molecule has 7 nitrogen and oxygen atoms in total. The maximum atomic E-state index is 10.6. The Morgan fingerprint density at radius 3 is 1.04 bits per heavy atom. The number of hydrogen-bond acceptors (Lipinski definition) is 5. The van der Waals surface area contributed by atoms with Crippen molar-refractivity contribution in [3.8, 4) is 0 Å². The lowest BCUT2D eigenvalue weighted by Crippen LogP contribution is -2.23. The number of hydrogen-bond donors (Lipinski definition) is 2. The van der Waals surface area contributed by atoms with Gasteiger partial charge in [-0.25, -0.2) is 0 Å². The summed E-state index contributed by atoms with van der Waals surface area (Å²) < 4.78 is 1.95. The van der Waals surface area contributed by atoms with E-state index in [-0.39, 0.29) is 24.1 Å². The Morgan fingerprint density at radius 1 is 0.412 bits per heavy atom. The molecule has 80 heavy (non-hydrogen) atoms. The van der Waals surface area contributed by atoms with Gasteiger partial charge in [-0.1, -0.05) is 172 Å². The first-order chi connectivity index (χ1) is 38.0. The molecule has 2 N–H and O–H groups in total. The third kappa shape index (κ3) is 25.3. The second-order valence-electron chi connectivity index (χ2n) is 21.1. The van der Waals surface area contributed by atoms with E-state index in [9.17, 15) is 14.4 Å². The van der Waals surface area contributed by atoms with Gasteiger partial charge in [0.15, 0.2) is 16.6 Å². The highest BCUT2D eigenvalue weighted by molar-refractivity contribution is 5.90. The molecule has 0 amide bonds. The number of anilines is 1. The molecule has 0 fully saturated rings. The minimum Gasteiger partial charge on any atom is -0.377 e. The van der Waals surface area contributed by atoms with E-state index < -0.39 is 0 Å². The molecule has 11 rings (SSSR count). The predicted octanol–water partition coefficient (Wildman–Crippen LogP) is 17.8. The third-order valence-electron chi connectivity index (χ3n) is 14.1. The van der Waals surface area contributed by atoms with Gasteiger partial charge in [0.2, 0.25) is 0 Å². The van der Waals surface area contributed by atoms with E-state index in [0.717, 1.165) is 64.6 Å². The Bertz CT molecular complexity index is 2640. The summed E-state index contributed by atoms with van der Waals surface area (Å²) in [7, 11) is 0. The molecule has 0 atom stereocenters. The number of benzene rings is 4. The van der Waals surface area contributed by atoms with Gasteiger partial charge in [-0.3, -0.25) is 14.4 Å². The summed E-state index contributed by atoms with van der Waals surface area (Å²) in [5.74, 6) is 0.250. The van der Waals surface area contributed by atoms with E-state index in [2.05, 4.69) is 202 Å². The maximum Gasteiger partial charge on any atom is 0.181 e. The van der Waals surface area contributed by atoms with Crippen molar-refractivity contribution in [3.05, 3.63) is 262 Å². The number of allylic oxidation sites excluding steroid dienone is 9. The molecule has 4 heterocycles. The van der Waals surface area contributed by atoms with Gasteiger partial charge in [-0.05, 0) is 171 Å². The SMILES string of the molecule is C.CC1=C(C)Cc2ccccc2C1.CC1=C(C)Cc2ccccc2C1.CC1=C(C)Cc2ccccc2C1.CC1=C(C)Nc2ccccc2C1.CCC.CCC.CCN1C=CC(=O)CC1.CCn1ccc(=O)cc1.O=c1cc[nH]cc1. The fourth-order valence-electron chi connectivity index (χ4n) is 8.74. The number of carbonyl (C=O) groups excluding carboxylic acids is 1. The number of para-hydroxylation sites is 1. The van der Waals surface area contributed by atoms with Crippen LogP contribution in [-0.2, 0) is 56.3 Å². The molecule has 5 aliphatic rings. The van der Waals surface area contributed by atoms with Crippen LogP contribution >= 0.6 is 0 Å². The minimum absolute atomic E-state index is 0. The standard InChI is InChI=1S/3C12H14.C11H13N.C7H11NO.C7H9NO.C5H5NO.2C3H8.CH4/c3*1-9-7-11-5-3-4-6-12(11)8-10(9)2;1-8-7-10-5-3-4-6-11(10)12-9(8)2;2*1-2-8-5-3-7(9)4-6-8;7-5-1-3-6-4-2-5;2*1-3-2;/h3*3-6H,7-8H2,1-2H3;3-6,12H,7H2,1-2H3;3,5H,2,4,6H2,1H3;3-6H,2H2,1H3;1-4H,(H,6,7);2*3H2,1-2H3;1H4. The summed E-state index contributed by atoms with van der Waals surface area (Å²) in [6.07, 6.45) is 21.5. The van der Waals surface area contributed by atoms with Crippen molar-refractivity contribution in [2.24, 2.45) is 0 Å². The summed E-state index contributed by atoms with van der Waals surface area (Å²) >= 11 is 0. The molecule has 0 spiro atoms. The third-order valence-corrected chi connectivity index (χ3v) is 14.1. The molecule has 0 saturated heterocycles. The van der Waals surface area contributed by atoms with E-state index in [1.807, 2.05) is 17.7 Å². The van der Waals surface area contributed by atoms with Crippen molar-refractivity contribution in [1.82, 2.24) is 14.5 Å². The van der Waals surface area contributed by atoms with Gasteiger partial charge in [0.25, 0.3) is 0 Å². The zero-order valence-corrected chi connectivity index (χ0v) is 50.8. The van der Waals surface area contributed by atoms with Crippen molar-refractivity contribution < 1.29 is 4.79 Å². The lowest BCUT2D eigenvalue weighted by atomic mass is 9.88. The number of nitrogens with zero attached hydrogens (tertiary/aromatic N) is 2. The van der Waals surface area contributed by atoms with Crippen LogP contribution in [0.5, 0.6) is 0 Å². The zero-order valence-electron chi connectivity index (χ0n) is 50.8.